The highest BCUT2D eigenvalue weighted by Crippen LogP contribution is 2.46. The van der Waals surface area contributed by atoms with Gasteiger partial charge in [-0.1, -0.05) is 127 Å². The molecule has 11 aromatic rings. The molecule has 0 saturated carbocycles. The number of aromatic nitrogens is 5. The smallest absolute Gasteiger partial charge is 0.145 e. The van der Waals surface area contributed by atoms with E-state index in [0.717, 1.165) is 83.9 Å². The molecule has 0 bridgehead atoms. The second kappa shape index (κ2) is 14.0. The van der Waals surface area contributed by atoms with Crippen LogP contribution in [0.25, 0.3) is 100 Å². The van der Waals surface area contributed by atoms with Crippen molar-refractivity contribution in [3.63, 3.8) is 0 Å². The number of imidazole rings is 1. The lowest BCUT2D eigenvalue weighted by Gasteiger charge is -2.16. The van der Waals surface area contributed by atoms with E-state index in [4.69, 9.17) is 9.97 Å². The van der Waals surface area contributed by atoms with Crippen molar-refractivity contribution in [1.82, 2.24) is 24.1 Å². The molecule has 58 heavy (non-hydrogen) atoms. The summed E-state index contributed by atoms with van der Waals surface area (Å²) in [5.41, 5.74) is 15.0. The highest BCUT2D eigenvalue weighted by Gasteiger charge is 2.24. The van der Waals surface area contributed by atoms with Gasteiger partial charge in [-0.05, 0) is 89.3 Å². The molecule has 0 unspecified atom stereocenters. The van der Waals surface area contributed by atoms with Gasteiger partial charge in [-0.15, -0.1) is 0 Å². The monoisotopic (exact) mass is 741 g/mol. The summed E-state index contributed by atoms with van der Waals surface area (Å²) in [4.78, 5) is 14.6. The van der Waals surface area contributed by atoms with Crippen LogP contribution in [0, 0.1) is 0 Å². The molecule has 11 rings (SSSR count). The molecule has 0 spiro atoms. The summed E-state index contributed by atoms with van der Waals surface area (Å²) in [6.45, 7) is 0. The lowest BCUT2D eigenvalue weighted by molar-refractivity contribution is 1.10. The molecule has 0 aliphatic carbocycles. The van der Waals surface area contributed by atoms with E-state index in [0.29, 0.717) is 0 Å². The SMILES string of the molecule is c1ccc(-c2c(-c3ccccc3)n(-c3ccc(-c4nc5ccccc5n4-c4ccccc4)cc3)c3c2ccc2c(-c4cccc(-c5ccncc5)n4)cccc23)cc1. The zero-order chi connectivity index (χ0) is 38.4. The third-order valence-corrected chi connectivity index (χ3v) is 11.1. The number of nitrogens with zero attached hydrogens (tertiary/aromatic N) is 5. The summed E-state index contributed by atoms with van der Waals surface area (Å²) in [5.74, 6) is 0.904. The molecule has 4 aromatic heterocycles. The highest BCUT2D eigenvalue weighted by atomic mass is 15.1. The van der Waals surface area contributed by atoms with Crippen LogP contribution >= 0.6 is 0 Å². The van der Waals surface area contributed by atoms with Crippen molar-refractivity contribution in [3.8, 4) is 67.7 Å². The highest BCUT2D eigenvalue weighted by molar-refractivity contribution is 6.18. The Bertz CT molecular complexity index is 3240. The van der Waals surface area contributed by atoms with Crippen LogP contribution < -0.4 is 0 Å². The molecule has 0 amide bonds. The topological polar surface area (TPSA) is 48.5 Å². The molecule has 4 heterocycles. The van der Waals surface area contributed by atoms with Gasteiger partial charge >= 0.3 is 0 Å². The summed E-state index contributed by atoms with van der Waals surface area (Å²) < 4.78 is 4.72. The zero-order valence-electron chi connectivity index (χ0n) is 31.4. The molecule has 272 valence electrons. The normalized spacial score (nSPS) is 11.4. The minimum absolute atomic E-state index is 0.904. The van der Waals surface area contributed by atoms with Gasteiger partial charge in [-0.25, -0.2) is 9.97 Å². The van der Waals surface area contributed by atoms with Gasteiger partial charge in [0.25, 0.3) is 0 Å². The van der Waals surface area contributed by atoms with Gasteiger partial charge in [-0.3, -0.25) is 9.55 Å². The first-order valence-electron chi connectivity index (χ1n) is 19.5. The fourth-order valence-corrected chi connectivity index (χ4v) is 8.47. The predicted octanol–water partition coefficient (Wildman–Crippen LogP) is 13.2. The largest absolute Gasteiger partial charge is 0.308 e. The molecule has 0 fully saturated rings. The number of fused-ring (bicyclic) bond motifs is 4. The van der Waals surface area contributed by atoms with Gasteiger partial charge in [0.15, 0.2) is 0 Å². The predicted molar refractivity (Wildman–Crippen MR) is 238 cm³/mol. The Morgan fingerprint density at radius 3 is 1.78 bits per heavy atom. The van der Waals surface area contributed by atoms with Crippen molar-refractivity contribution in [3.05, 3.63) is 213 Å². The number of hydrogen-bond donors (Lipinski definition) is 0. The van der Waals surface area contributed by atoms with Crippen molar-refractivity contribution in [2.24, 2.45) is 0 Å². The van der Waals surface area contributed by atoms with Crippen LogP contribution in [0.1, 0.15) is 0 Å². The number of hydrogen-bond acceptors (Lipinski definition) is 3. The maximum atomic E-state index is 5.18. The Morgan fingerprint density at radius 1 is 0.362 bits per heavy atom. The van der Waals surface area contributed by atoms with Crippen molar-refractivity contribution in [1.29, 1.82) is 0 Å². The molecule has 0 saturated heterocycles. The second-order valence-electron chi connectivity index (χ2n) is 14.4. The molecular weight excluding hydrogens is 707 g/mol. The van der Waals surface area contributed by atoms with Gasteiger partial charge in [0.1, 0.15) is 5.82 Å². The van der Waals surface area contributed by atoms with Crippen molar-refractivity contribution < 1.29 is 0 Å². The molecule has 0 aliphatic rings. The standard InChI is InChI=1S/C53H35N5/c1-4-14-37(15-5-1)50-45-31-30-42-43(47-24-13-23-46(55-47)36-32-34-54-35-33-36)20-12-21-44(42)52(45)58(51(50)38-16-6-2-7-17-38)41-28-26-39(27-29-41)53-56-48-22-10-11-25-49(48)57(53)40-18-8-3-9-19-40/h1-35H. The van der Waals surface area contributed by atoms with Gasteiger partial charge in [0, 0.05) is 56.8 Å². The Hall–Kier alpha value is -7.89. The number of pyridine rings is 2. The lowest BCUT2D eigenvalue weighted by Crippen LogP contribution is -2.00. The summed E-state index contributed by atoms with van der Waals surface area (Å²) in [6, 6.07) is 70.7. The van der Waals surface area contributed by atoms with Crippen molar-refractivity contribution in [2.75, 3.05) is 0 Å². The van der Waals surface area contributed by atoms with Crippen LogP contribution in [0.3, 0.4) is 0 Å². The third-order valence-electron chi connectivity index (χ3n) is 11.1. The Morgan fingerprint density at radius 2 is 1.00 bits per heavy atom. The van der Waals surface area contributed by atoms with Crippen molar-refractivity contribution in [2.45, 2.75) is 0 Å². The van der Waals surface area contributed by atoms with Crippen LogP contribution in [-0.4, -0.2) is 24.1 Å². The molecule has 5 heteroatoms. The molecule has 0 N–H and O–H groups in total. The van der Waals surface area contributed by atoms with E-state index in [9.17, 15) is 0 Å². The summed E-state index contributed by atoms with van der Waals surface area (Å²) >= 11 is 0. The molecule has 0 radical (unpaired) electrons. The van der Waals surface area contributed by atoms with E-state index >= 15 is 0 Å². The number of benzene rings is 7. The quantitative estimate of drug-likeness (QED) is 0.163. The molecule has 7 aromatic carbocycles. The first kappa shape index (κ1) is 33.4. The van der Waals surface area contributed by atoms with E-state index in [1.165, 1.54) is 16.5 Å². The van der Waals surface area contributed by atoms with Gasteiger partial charge in [-0.2, -0.15) is 0 Å². The minimum atomic E-state index is 0.904. The molecule has 0 aliphatic heterocycles. The summed E-state index contributed by atoms with van der Waals surface area (Å²) in [7, 11) is 0. The zero-order valence-corrected chi connectivity index (χ0v) is 31.4. The van der Waals surface area contributed by atoms with Crippen LogP contribution in [-0.2, 0) is 0 Å². The average molecular weight is 742 g/mol. The number of rotatable bonds is 7. The van der Waals surface area contributed by atoms with E-state index < -0.39 is 0 Å². The lowest BCUT2D eigenvalue weighted by atomic mass is 9.95. The van der Waals surface area contributed by atoms with E-state index in [1.54, 1.807) is 0 Å². The molecule has 5 nitrogen and oxygen atoms in total. The van der Waals surface area contributed by atoms with Crippen LogP contribution in [0.15, 0.2) is 213 Å². The Kier molecular flexibility index (Phi) is 8.07. The first-order valence-corrected chi connectivity index (χ1v) is 19.5. The Balaban J connectivity index is 1.17. The van der Waals surface area contributed by atoms with Crippen LogP contribution in [0.2, 0.25) is 0 Å². The summed E-state index contributed by atoms with van der Waals surface area (Å²) in [5, 5.41) is 3.48. The van der Waals surface area contributed by atoms with Crippen LogP contribution in [0.5, 0.6) is 0 Å². The third kappa shape index (κ3) is 5.60. The maximum absolute atomic E-state index is 5.18. The van der Waals surface area contributed by atoms with E-state index in [1.807, 2.05) is 30.6 Å². The fraction of sp³-hybridized carbons (Fsp3) is 0. The minimum Gasteiger partial charge on any atom is -0.308 e. The first-order chi connectivity index (χ1) is 28.8. The summed E-state index contributed by atoms with van der Waals surface area (Å²) in [6.07, 6.45) is 3.63. The van der Waals surface area contributed by atoms with Gasteiger partial charge < -0.3 is 4.57 Å². The second-order valence-corrected chi connectivity index (χ2v) is 14.4. The number of para-hydroxylation sites is 3. The van der Waals surface area contributed by atoms with Gasteiger partial charge in [0.05, 0.1) is 33.6 Å². The fourth-order valence-electron chi connectivity index (χ4n) is 8.47. The van der Waals surface area contributed by atoms with E-state index in [2.05, 4.69) is 196 Å². The Labute approximate surface area is 335 Å². The van der Waals surface area contributed by atoms with Gasteiger partial charge in [0.2, 0.25) is 0 Å². The van der Waals surface area contributed by atoms with Crippen molar-refractivity contribution >= 4 is 32.7 Å². The maximum Gasteiger partial charge on any atom is 0.145 e. The van der Waals surface area contributed by atoms with Crippen LogP contribution in [0.4, 0.5) is 0 Å². The van der Waals surface area contributed by atoms with E-state index in [-0.39, 0.29) is 0 Å². The average Bonchev–Trinajstić information content (AvgIpc) is 3.87. The molecule has 0 atom stereocenters. The molecular formula is C53H35N5.